The molecule has 4 rings (SSSR count). The Morgan fingerprint density at radius 1 is 1.35 bits per heavy atom. The molecule has 0 aliphatic carbocycles. The van der Waals surface area contributed by atoms with Crippen LogP contribution in [0.1, 0.15) is 34.6 Å². The third-order valence-corrected chi connectivity index (χ3v) is 4.83. The second-order valence-corrected chi connectivity index (χ2v) is 6.55. The number of ether oxygens (including phenoxy) is 1. The molecule has 2 aromatic rings. The van der Waals surface area contributed by atoms with Gasteiger partial charge < -0.3 is 25.2 Å². The van der Waals surface area contributed by atoms with Crippen molar-refractivity contribution >= 4 is 17.7 Å². The Kier molecular flexibility index (Phi) is 4.70. The Hall–Kier alpha value is -2.68. The number of hydrogen-bond acceptors (Lipinski definition) is 8. The van der Waals surface area contributed by atoms with Gasteiger partial charge >= 0.3 is 0 Å². The fourth-order valence-corrected chi connectivity index (χ4v) is 3.47. The standard InChI is InChI=1S/C17H22N6O3/c18-17-20-13-4-7-23(16(24)14-5-9-26-22-14)6-3-12(13)15(21-17)19-10-11-2-1-8-25-11/h5,9,11H,1-4,6-8,10H2,(H3,18,19,20,21). The van der Waals surface area contributed by atoms with Gasteiger partial charge in [-0.2, -0.15) is 4.98 Å². The topological polar surface area (TPSA) is 119 Å². The number of hydrogen-bond donors (Lipinski definition) is 2. The first kappa shape index (κ1) is 16.8. The SMILES string of the molecule is Nc1nc2c(c(NCC3CCCO3)n1)CCN(C(=O)c1ccon1)CC2. The second kappa shape index (κ2) is 7.28. The summed E-state index contributed by atoms with van der Waals surface area (Å²) in [7, 11) is 0. The van der Waals surface area contributed by atoms with Crippen LogP contribution in [0.4, 0.5) is 11.8 Å². The van der Waals surface area contributed by atoms with Crippen LogP contribution >= 0.6 is 0 Å². The summed E-state index contributed by atoms with van der Waals surface area (Å²) in [5.41, 5.74) is 8.12. The Bertz CT molecular complexity index is 773. The van der Waals surface area contributed by atoms with E-state index in [-0.39, 0.29) is 18.0 Å². The number of rotatable bonds is 4. The minimum Gasteiger partial charge on any atom is -0.376 e. The molecule has 1 amide bonds. The molecule has 2 aromatic heterocycles. The number of nitrogen functional groups attached to an aromatic ring is 1. The number of nitrogens with zero attached hydrogens (tertiary/aromatic N) is 4. The molecule has 2 aliphatic rings. The van der Waals surface area contributed by atoms with E-state index in [9.17, 15) is 4.79 Å². The van der Waals surface area contributed by atoms with Gasteiger partial charge in [-0.05, 0) is 19.3 Å². The van der Waals surface area contributed by atoms with Crippen LogP contribution in [0.3, 0.4) is 0 Å². The monoisotopic (exact) mass is 358 g/mol. The lowest BCUT2D eigenvalue weighted by Gasteiger charge is -2.18. The Morgan fingerprint density at radius 2 is 2.23 bits per heavy atom. The van der Waals surface area contributed by atoms with E-state index in [4.69, 9.17) is 15.0 Å². The lowest BCUT2D eigenvalue weighted by atomic mass is 10.1. The van der Waals surface area contributed by atoms with Crippen LogP contribution in [-0.4, -0.2) is 58.3 Å². The Balaban J connectivity index is 1.49. The van der Waals surface area contributed by atoms with Crippen molar-refractivity contribution in [3.8, 4) is 0 Å². The average Bonchev–Trinajstić information content (AvgIpc) is 3.30. The van der Waals surface area contributed by atoms with E-state index >= 15 is 0 Å². The summed E-state index contributed by atoms with van der Waals surface area (Å²) < 4.78 is 10.4. The summed E-state index contributed by atoms with van der Waals surface area (Å²) in [6.07, 6.45) is 5.04. The van der Waals surface area contributed by atoms with Crippen molar-refractivity contribution in [1.82, 2.24) is 20.0 Å². The minimum absolute atomic E-state index is 0.138. The van der Waals surface area contributed by atoms with Gasteiger partial charge in [-0.3, -0.25) is 4.79 Å². The minimum atomic E-state index is -0.138. The summed E-state index contributed by atoms with van der Waals surface area (Å²) >= 11 is 0. The van der Waals surface area contributed by atoms with E-state index in [2.05, 4.69) is 20.4 Å². The zero-order valence-corrected chi connectivity index (χ0v) is 14.5. The molecule has 0 radical (unpaired) electrons. The molecule has 3 N–H and O–H groups in total. The summed E-state index contributed by atoms with van der Waals surface area (Å²) in [6, 6.07) is 1.58. The zero-order valence-electron chi connectivity index (χ0n) is 14.5. The fourth-order valence-electron chi connectivity index (χ4n) is 3.47. The summed E-state index contributed by atoms with van der Waals surface area (Å²) in [5, 5.41) is 7.10. The van der Waals surface area contributed by atoms with Crippen molar-refractivity contribution in [2.75, 3.05) is 37.3 Å². The number of nitrogens with one attached hydrogen (secondary N) is 1. The summed E-state index contributed by atoms with van der Waals surface area (Å²) in [4.78, 5) is 23.1. The third kappa shape index (κ3) is 3.48. The van der Waals surface area contributed by atoms with E-state index in [0.29, 0.717) is 38.2 Å². The van der Waals surface area contributed by atoms with E-state index < -0.39 is 0 Å². The lowest BCUT2D eigenvalue weighted by molar-refractivity contribution is 0.0752. The van der Waals surface area contributed by atoms with Gasteiger partial charge in [-0.1, -0.05) is 5.16 Å². The highest BCUT2D eigenvalue weighted by molar-refractivity contribution is 5.92. The average molecular weight is 358 g/mol. The molecule has 0 saturated carbocycles. The fraction of sp³-hybridized carbons (Fsp3) is 0.529. The summed E-state index contributed by atoms with van der Waals surface area (Å²) in [6.45, 7) is 2.64. The van der Waals surface area contributed by atoms with Crippen molar-refractivity contribution in [3.05, 3.63) is 29.3 Å². The second-order valence-electron chi connectivity index (χ2n) is 6.55. The smallest absolute Gasteiger partial charge is 0.276 e. The van der Waals surface area contributed by atoms with E-state index in [1.807, 2.05) is 0 Å². The highest BCUT2D eigenvalue weighted by Gasteiger charge is 2.25. The molecule has 0 aromatic carbocycles. The van der Waals surface area contributed by atoms with Crippen LogP contribution < -0.4 is 11.1 Å². The molecule has 138 valence electrons. The van der Waals surface area contributed by atoms with Crippen LogP contribution in [0.25, 0.3) is 0 Å². The molecule has 2 aliphatic heterocycles. The predicted octanol–water partition coefficient (Wildman–Crippen LogP) is 0.879. The van der Waals surface area contributed by atoms with Gasteiger partial charge in [0.05, 0.1) is 11.8 Å². The molecule has 26 heavy (non-hydrogen) atoms. The maximum atomic E-state index is 12.5. The molecule has 0 spiro atoms. The highest BCUT2D eigenvalue weighted by Crippen LogP contribution is 2.24. The highest BCUT2D eigenvalue weighted by atomic mass is 16.5. The molecular weight excluding hydrogens is 336 g/mol. The van der Waals surface area contributed by atoms with E-state index in [1.165, 1.54) is 6.26 Å². The van der Waals surface area contributed by atoms with Gasteiger partial charge in [0.15, 0.2) is 5.69 Å². The van der Waals surface area contributed by atoms with Crippen molar-refractivity contribution in [3.63, 3.8) is 0 Å². The lowest BCUT2D eigenvalue weighted by Crippen LogP contribution is -2.33. The van der Waals surface area contributed by atoms with Gasteiger partial charge in [0.2, 0.25) is 5.95 Å². The number of amides is 1. The van der Waals surface area contributed by atoms with Gasteiger partial charge in [-0.15, -0.1) is 0 Å². The number of carbonyl (C=O) groups is 1. The molecule has 0 bridgehead atoms. The van der Waals surface area contributed by atoms with Gasteiger partial charge in [0.1, 0.15) is 12.1 Å². The number of nitrogens with two attached hydrogens (primary N) is 1. The molecule has 9 heteroatoms. The largest absolute Gasteiger partial charge is 0.376 e. The molecule has 1 saturated heterocycles. The normalized spacial score (nSPS) is 19.8. The van der Waals surface area contributed by atoms with Gasteiger partial charge in [0, 0.05) is 44.3 Å². The van der Waals surface area contributed by atoms with Crippen molar-refractivity contribution in [2.24, 2.45) is 0 Å². The number of anilines is 2. The zero-order chi connectivity index (χ0) is 17.9. The first-order valence-electron chi connectivity index (χ1n) is 8.91. The van der Waals surface area contributed by atoms with E-state index in [1.54, 1.807) is 11.0 Å². The van der Waals surface area contributed by atoms with Crippen LogP contribution in [0, 0.1) is 0 Å². The first-order valence-corrected chi connectivity index (χ1v) is 8.91. The molecule has 1 unspecified atom stereocenters. The Labute approximate surface area is 150 Å². The predicted molar refractivity (Wildman–Crippen MR) is 93.7 cm³/mol. The van der Waals surface area contributed by atoms with Crippen molar-refractivity contribution in [1.29, 1.82) is 0 Å². The van der Waals surface area contributed by atoms with E-state index in [0.717, 1.165) is 36.5 Å². The maximum Gasteiger partial charge on any atom is 0.276 e. The maximum absolute atomic E-state index is 12.5. The van der Waals surface area contributed by atoms with Crippen LogP contribution in [-0.2, 0) is 17.6 Å². The molecule has 1 atom stereocenters. The number of fused-ring (bicyclic) bond motifs is 1. The third-order valence-electron chi connectivity index (χ3n) is 4.83. The quantitative estimate of drug-likeness (QED) is 0.826. The van der Waals surface area contributed by atoms with Crippen molar-refractivity contribution in [2.45, 2.75) is 31.8 Å². The van der Waals surface area contributed by atoms with Crippen LogP contribution in [0.5, 0.6) is 0 Å². The molecular formula is C17H22N6O3. The first-order chi connectivity index (χ1) is 12.7. The molecule has 4 heterocycles. The van der Waals surface area contributed by atoms with Gasteiger partial charge in [-0.25, -0.2) is 4.98 Å². The van der Waals surface area contributed by atoms with Crippen molar-refractivity contribution < 1.29 is 14.1 Å². The van der Waals surface area contributed by atoms with Crippen LogP contribution in [0.2, 0.25) is 0 Å². The van der Waals surface area contributed by atoms with Gasteiger partial charge in [0.25, 0.3) is 5.91 Å². The van der Waals surface area contributed by atoms with Crippen LogP contribution in [0.15, 0.2) is 16.9 Å². The summed E-state index contributed by atoms with van der Waals surface area (Å²) in [5.74, 6) is 0.856. The molecule has 9 nitrogen and oxygen atoms in total. The number of aromatic nitrogens is 3. The Morgan fingerprint density at radius 3 is 3.00 bits per heavy atom. The number of carbonyl (C=O) groups excluding carboxylic acids is 1. The molecule has 1 fully saturated rings.